The number of hydrogen-bond donors (Lipinski definition) is 0. The van der Waals surface area contributed by atoms with E-state index in [-0.39, 0.29) is 0 Å². The summed E-state index contributed by atoms with van der Waals surface area (Å²) in [5.41, 5.74) is 1.36. The van der Waals surface area contributed by atoms with Gasteiger partial charge in [-0.15, -0.1) is 0 Å². The Labute approximate surface area is 92.9 Å². The SMILES string of the molecule is CCCOCCN(C)Cc1ccccc1. The Morgan fingerprint density at radius 1 is 1.13 bits per heavy atom. The van der Waals surface area contributed by atoms with E-state index in [0.717, 1.165) is 32.7 Å². The van der Waals surface area contributed by atoms with Crippen LogP contribution in [0.5, 0.6) is 0 Å². The molecule has 0 aliphatic heterocycles. The third-order valence-electron chi connectivity index (χ3n) is 2.26. The zero-order valence-corrected chi connectivity index (χ0v) is 9.78. The molecule has 15 heavy (non-hydrogen) atoms. The minimum Gasteiger partial charge on any atom is -0.380 e. The first-order valence-corrected chi connectivity index (χ1v) is 5.63. The fourth-order valence-electron chi connectivity index (χ4n) is 1.44. The van der Waals surface area contributed by atoms with Crippen molar-refractivity contribution in [3.8, 4) is 0 Å². The number of benzene rings is 1. The lowest BCUT2D eigenvalue weighted by molar-refractivity contribution is 0.110. The second kappa shape index (κ2) is 7.43. The average molecular weight is 207 g/mol. The highest BCUT2D eigenvalue weighted by Crippen LogP contribution is 2.01. The van der Waals surface area contributed by atoms with Gasteiger partial charge in [0.25, 0.3) is 0 Å². The lowest BCUT2D eigenvalue weighted by Crippen LogP contribution is -2.22. The molecule has 2 heteroatoms. The summed E-state index contributed by atoms with van der Waals surface area (Å²) in [4.78, 5) is 2.28. The molecule has 0 heterocycles. The highest BCUT2D eigenvalue weighted by atomic mass is 16.5. The zero-order valence-electron chi connectivity index (χ0n) is 9.78. The third kappa shape index (κ3) is 5.55. The lowest BCUT2D eigenvalue weighted by Gasteiger charge is -2.16. The van der Waals surface area contributed by atoms with Gasteiger partial charge >= 0.3 is 0 Å². The van der Waals surface area contributed by atoms with Crippen molar-refractivity contribution in [2.24, 2.45) is 0 Å². The van der Waals surface area contributed by atoms with Crippen LogP contribution >= 0.6 is 0 Å². The Morgan fingerprint density at radius 3 is 2.53 bits per heavy atom. The molecule has 1 aromatic carbocycles. The van der Waals surface area contributed by atoms with Crippen LogP contribution in [0.15, 0.2) is 30.3 Å². The van der Waals surface area contributed by atoms with Gasteiger partial charge < -0.3 is 4.74 Å². The van der Waals surface area contributed by atoms with Gasteiger partial charge in [0.2, 0.25) is 0 Å². The number of hydrogen-bond acceptors (Lipinski definition) is 2. The molecule has 0 radical (unpaired) electrons. The predicted molar refractivity (Wildman–Crippen MR) is 63.9 cm³/mol. The predicted octanol–water partition coefficient (Wildman–Crippen LogP) is 2.55. The molecule has 0 amide bonds. The highest BCUT2D eigenvalue weighted by Gasteiger charge is 1.98. The third-order valence-corrected chi connectivity index (χ3v) is 2.26. The van der Waals surface area contributed by atoms with Crippen LogP contribution in [0.4, 0.5) is 0 Å². The van der Waals surface area contributed by atoms with Gasteiger partial charge in [0.15, 0.2) is 0 Å². The molecule has 1 rings (SSSR count). The van der Waals surface area contributed by atoms with Crippen molar-refractivity contribution in [2.75, 3.05) is 26.8 Å². The molecule has 0 aliphatic rings. The van der Waals surface area contributed by atoms with Crippen LogP contribution in [-0.2, 0) is 11.3 Å². The molecule has 0 aliphatic carbocycles. The maximum absolute atomic E-state index is 5.45. The van der Waals surface area contributed by atoms with Crippen molar-refractivity contribution in [1.82, 2.24) is 4.90 Å². The van der Waals surface area contributed by atoms with Crippen LogP contribution in [0.3, 0.4) is 0 Å². The minimum absolute atomic E-state index is 0.831. The quantitative estimate of drug-likeness (QED) is 0.637. The van der Waals surface area contributed by atoms with Crippen molar-refractivity contribution in [2.45, 2.75) is 19.9 Å². The van der Waals surface area contributed by atoms with Gasteiger partial charge in [-0.05, 0) is 19.0 Å². The summed E-state index contributed by atoms with van der Waals surface area (Å²) in [7, 11) is 2.13. The molecule has 0 bridgehead atoms. The molecule has 0 N–H and O–H groups in total. The summed E-state index contributed by atoms with van der Waals surface area (Å²) in [6.45, 7) is 5.83. The first kappa shape index (κ1) is 12.2. The zero-order chi connectivity index (χ0) is 10.9. The van der Waals surface area contributed by atoms with Crippen molar-refractivity contribution < 1.29 is 4.74 Å². The van der Waals surface area contributed by atoms with Crippen LogP contribution in [0.2, 0.25) is 0 Å². The summed E-state index contributed by atoms with van der Waals surface area (Å²) in [5, 5.41) is 0. The summed E-state index contributed by atoms with van der Waals surface area (Å²) in [6, 6.07) is 10.5. The standard InChI is InChI=1S/C13H21NO/c1-3-10-15-11-9-14(2)12-13-7-5-4-6-8-13/h4-8H,3,9-12H2,1-2H3. The molecule has 0 fully saturated rings. The highest BCUT2D eigenvalue weighted by molar-refractivity contribution is 5.14. The number of rotatable bonds is 7. The number of likely N-dealkylation sites (N-methyl/N-ethyl adjacent to an activating group) is 1. The largest absolute Gasteiger partial charge is 0.380 e. The summed E-state index contributed by atoms with van der Waals surface area (Å²) in [6.07, 6.45) is 1.10. The second-order valence-electron chi connectivity index (χ2n) is 3.84. The minimum atomic E-state index is 0.831. The van der Waals surface area contributed by atoms with Crippen molar-refractivity contribution in [3.63, 3.8) is 0 Å². The van der Waals surface area contributed by atoms with Crippen molar-refractivity contribution >= 4 is 0 Å². The van der Waals surface area contributed by atoms with Crippen LogP contribution in [0.1, 0.15) is 18.9 Å². The Bertz CT molecular complexity index is 248. The molecule has 0 saturated carbocycles. The van der Waals surface area contributed by atoms with Crippen LogP contribution in [0.25, 0.3) is 0 Å². The van der Waals surface area contributed by atoms with Gasteiger partial charge in [0, 0.05) is 19.7 Å². The lowest BCUT2D eigenvalue weighted by atomic mass is 10.2. The van der Waals surface area contributed by atoms with E-state index < -0.39 is 0 Å². The van der Waals surface area contributed by atoms with Crippen LogP contribution < -0.4 is 0 Å². The summed E-state index contributed by atoms with van der Waals surface area (Å²) in [5.74, 6) is 0. The van der Waals surface area contributed by atoms with Crippen LogP contribution in [-0.4, -0.2) is 31.7 Å². The second-order valence-corrected chi connectivity index (χ2v) is 3.84. The van der Waals surface area contributed by atoms with Gasteiger partial charge in [-0.3, -0.25) is 4.90 Å². The average Bonchev–Trinajstić information content (AvgIpc) is 2.26. The normalized spacial score (nSPS) is 10.9. The Kier molecular flexibility index (Phi) is 6.05. The molecule has 0 atom stereocenters. The van der Waals surface area contributed by atoms with Gasteiger partial charge in [-0.25, -0.2) is 0 Å². The number of ether oxygens (including phenoxy) is 1. The molecular weight excluding hydrogens is 186 g/mol. The molecule has 0 spiro atoms. The smallest absolute Gasteiger partial charge is 0.0593 e. The van der Waals surface area contributed by atoms with E-state index in [0.29, 0.717) is 0 Å². The Hall–Kier alpha value is -0.860. The Balaban J connectivity index is 2.16. The van der Waals surface area contributed by atoms with E-state index in [1.807, 2.05) is 6.07 Å². The maximum atomic E-state index is 5.45. The van der Waals surface area contributed by atoms with E-state index >= 15 is 0 Å². The van der Waals surface area contributed by atoms with E-state index in [9.17, 15) is 0 Å². The molecule has 2 nitrogen and oxygen atoms in total. The van der Waals surface area contributed by atoms with Gasteiger partial charge in [-0.1, -0.05) is 37.3 Å². The summed E-state index contributed by atoms with van der Waals surface area (Å²) < 4.78 is 5.45. The molecular formula is C13H21NO. The van der Waals surface area contributed by atoms with E-state index in [1.165, 1.54) is 5.56 Å². The van der Waals surface area contributed by atoms with Crippen molar-refractivity contribution in [3.05, 3.63) is 35.9 Å². The maximum Gasteiger partial charge on any atom is 0.0593 e. The topological polar surface area (TPSA) is 12.5 Å². The first-order chi connectivity index (χ1) is 7.33. The first-order valence-electron chi connectivity index (χ1n) is 5.63. The van der Waals surface area contributed by atoms with E-state index in [1.54, 1.807) is 0 Å². The molecule has 0 unspecified atom stereocenters. The summed E-state index contributed by atoms with van der Waals surface area (Å²) >= 11 is 0. The Morgan fingerprint density at radius 2 is 1.87 bits per heavy atom. The molecule has 84 valence electrons. The number of nitrogens with zero attached hydrogens (tertiary/aromatic N) is 1. The fourth-order valence-corrected chi connectivity index (χ4v) is 1.44. The molecule has 1 aromatic rings. The van der Waals surface area contributed by atoms with Crippen LogP contribution in [0, 0.1) is 0 Å². The fraction of sp³-hybridized carbons (Fsp3) is 0.538. The molecule has 0 saturated heterocycles. The van der Waals surface area contributed by atoms with Gasteiger partial charge in [0.1, 0.15) is 0 Å². The monoisotopic (exact) mass is 207 g/mol. The van der Waals surface area contributed by atoms with Gasteiger partial charge in [-0.2, -0.15) is 0 Å². The van der Waals surface area contributed by atoms with Gasteiger partial charge in [0.05, 0.1) is 6.61 Å². The van der Waals surface area contributed by atoms with E-state index in [2.05, 4.69) is 43.1 Å². The van der Waals surface area contributed by atoms with E-state index in [4.69, 9.17) is 4.74 Å². The molecule has 0 aromatic heterocycles. The van der Waals surface area contributed by atoms with Crippen molar-refractivity contribution in [1.29, 1.82) is 0 Å².